The molecule has 1 aliphatic heterocycles. The first-order valence-corrected chi connectivity index (χ1v) is 4.57. The third-order valence-electron chi connectivity index (χ3n) is 2.80. The Bertz CT molecular complexity index is 199. The van der Waals surface area contributed by atoms with Crippen LogP contribution in [0.25, 0.3) is 0 Å². The van der Waals surface area contributed by atoms with E-state index in [0.29, 0.717) is 6.04 Å². The highest BCUT2D eigenvalue weighted by Crippen LogP contribution is 2.33. The molecule has 1 aliphatic carbocycles. The molecule has 0 amide bonds. The van der Waals surface area contributed by atoms with E-state index in [-0.39, 0.29) is 0 Å². The van der Waals surface area contributed by atoms with E-state index in [9.17, 15) is 0 Å². The average Bonchev–Trinajstić information content (AvgIpc) is 1.83. The van der Waals surface area contributed by atoms with Gasteiger partial charge < -0.3 is 0 Å². The van der Waals surface area contributed by atoms with Crippen LogP contribution in [0, 0.1) is 5.92 Å². The van der Waals surface area contributed by atoms with Gasteiger partial charge in [0.1, 0.15) is 0 Å². The van der Waals surface area contributed by atoms with Crippen molar-refractivity contribution in [3.05, 3.63) is 12.2 Å². The Balaban J connectivity index is 1.99. The zero-order chi connectivity index (χ0) is 7.68. The summed E-state index contributed by atoms with van der Waals surface area (Å²) in [6.07, 6.45) is 9.84. The summed E-state index contributed by atoms with van der Waals surface area (Å²) < 4.78 is 0. The van der Waals surface area contributed by atoms with Gasteiger partial charge in [0, 0.05) is 5.71 Å². The fourth-order valence-corrected chi connectivity index (χ4v) is 1.86. The van der Waals surface area contributed by atoms with Crippen molar-refractivity contribution >= 4 is 5.71 Å². The fraction of sp³-hybridized carbons (Fsp3) is 0.700. The molecule has 1 atom stereocenters. The van der Waals surface area contributed by atoms with Gasteiger partial charge in [0.2, 0.25) is 0 Å². The summed E-state index contributed by atoms with van der Waals surface area (Å²) in [5, 5.41) is 0. The SMILES string of the molecule is CC1=NC(C2CCC2)CC=C1. The summed E-state index contributed by atoms with van der Waals surface area (Å²) in [6, 6.07) is 0.633. The number of dihydropyridines is 1. The van der Waals surface area contributed by atoms with Crippen LogP contribution >= 0.6 is 0 Å². The molecule has 1 nitrogen and oxygen atoms in total. The van der Waals surface area contributed by atoms with E-state index in [1.165, 1.54) is 31.4 Å². The fourth-order valence-electron chi connectivity index (χ4n) is 1.86. The Kier molecular flexibility index (Phi) is 1.80. The molecule has 0 N–H and O–H groups in total. The Labute approximate surface area is 68.2 Å². The molecule has 0 radical (unpaired) electrons. The van der Waals surface area contributed by atoms with Gasteiger partial charge in [-0.3, -0.25) is 4.99 Å². The van der Waals surface area contributed by atoms with E-state index >= 15 is 0 Å². The number of hydrogen-bond donors (Lipinski definition) is 0. The van der Waals surface area contributed by atoms with Crippen LogP contribution in [0.3, 0.4) is 0 Å². The van der Waals surface area contributed by atoms with E-state index in [0.717, 1.165) is 5.92 Å². The molecular weight excluding hydrogens is 134 g/mol. The van der Waals surface area contributed by atoms with Crippen molar-refractivity contribution in [2.24, 2.45) is 10.9 Å². The van der Waals surface area contributed by atoms with Gasteiger partial charge in [0.15, 0.2) is 0 Å². The van der Waals surface area contributed by atoms with Crippen molar-refractivity contribution in [1.29, 1.82) is 0 Å². The minimum atomic E-state index is 0.633. The highest BCUT2D eigenvalue weighted by molar-refractivity contribution is 5.93. The predicted molar refractivity (Wildman–Crippen MR) is 48.0 cm³/mol. The van der Waals surface area contributed by atoms with Crippen molar-refractivity contribution in [2.75, 3.05) is 0 Å². The summed E-state index contributed by atoms with van der Waals surface area (Å²) in [5.41, 5.74) is 1.22. The van der Waals surface area contributed by atoms with Gasteiger partial charge in [0.25, 0.3) is 0 Å². The molecule has 2 rings (SSSR count). The van der Waals surface area contributed by atoms with Crippen molar-refractivity contribution in [2.45, 2.75) is 38.6 Å². The molecule has 0 saturated heterocycles. The van der Waals surface area contributed by atoms with E-state index in [1.54, 1.807) is 0 Å². The summed E-state index contributed by atoms with van der Waals surface area (Å²) >= 11 is 0. The van der Waals surface area contributed by atoms with Gasteiger partial charge in [-0.1, -0.05) is 12.5 Å². The molecular formula is C10H15N. The van der Waals surface area contributed by atoms with Gasteiger partial charge in [-0.15, -0.1) is 0 Å². The Morgan fingerprint density at radius 1 is 1.45 bits per heavy atom. The molecule has 11 heavy (non-hydrogen) atoms. The van der Waals surface area contributed by atoms with Gasteiger partial charge in [-0.05, 0) is 38.2 Å². The van der Waals surface area contributed by atoms with Crippen LogP contribution in [0.1, 0.15) is 32.6 Å². The van der Waals surface area contributed by atoms with Crippen LogP contribution in [0.15, 0.2) is 17.1 Å². The van der Waals surface area contributed by atoms with Crippen LogP contribution in [-0.2, 0) is 0 Å². The first kappa shape index (κ1) is 7.08. The zero-order valence-corrected chi connectivity index (χ0v) is 7.09. The Morgan fingerprint density at radius 3 is 2.82 bits per heavy atom. The summed E-state index contributed by atoms with van der Waals surface area (Å²) in [5.74, 6) is 0.912. The Morgan fingerprint density at radius 2 is 2.27 bits per heavy atom. The molecule has 1 fully saturated rings. The molecule has 0 aromatic heterocycles. The molecule has 1 heteroatoms. The lowest BCUT2D eigenvalue weighted by atomic mass is 9.78. The molecule has 1 heterocycles. The number of nitrogens with zero attached hydrogens (tertiary/aromatic N) is 1. The molecule has 0 spiro atoms. The summed E-state index contributed by atoms with van der Waals surface area (Å²) in [7, 11) is 0. The number of aliphatic imine (C=N–C) groups is 1. The largest absolute Gasteiger partial charge is 0.286 e. The van der Waals surface area contributed by atoms with Crippen LogP contribution < -0.4 is 0 Å². The molecule has 2 aliphatic rings. The maximum atomic E-state index is 4.63. The second-order valence-corrected chi connectivity index (χ2v) is 3.67. The molecule has 1 unspecified atom stereocenters. The van der Waals surface area contributed by atoms with E-state index < -0.39 is 0 Å². The third kappa shape index (κ3) is 1.37. The van der Waals surface area contributed by atoms with Gasteiger partial charge >= 0.3 is 0 Å². The number of allylic oxidation sites excluding steroid dienone is 1. The van der Waals surface area contributed by atoms with Crippen molar-refractivity contribution < 1.29 is 0 Å². The highest BCUT2D eigenvalue weighted by atomic mass is 14.8. The van der Waals surface area contributed by atoms with Gasteiger partial charge in [0.05, 0.1) is 6.04 Å². The first-order valence-electron chi connectivity index (χ1n) is 4.57. The van der Waals surface area contributed by atoms with Crippen LogP contribution in [0.2, 0.25) is 0 Å². The smallest absolute Gasteiger partial charge is 0.0565 e. The molecule has 0 bridgehead atoms. The van der Waals surface area contributed by atoms with Gasteiger partial charge in [-0.2, -0.15) is 0 Å². The number of rotatable bonds is 1. The van der Waals surface area contributed by atoms with E-state index in [1.807, 2.05) is 0 Å². The highest BCUT2D eigenvalue weighted by Gasteiger charge is 2.26. The minimum Gasteiger partial charge on any atom is -0.286 e. The van der Waals surface area contributed by atoms with Crippen molar-refractivity contribution in [3.8, 4) is 0 Å². The summed E-state index contributed by atoms with van der Waals surface area (Å²) in [4.78, 5) is 4.63. The van der Waals surface area contributed by atoms with Crippen LogP contribution in [-0.4, -0.2) is 11.8 Å². The van der Waals surface area contributed by atoms with Crippen molar-refractivity contribution in [3.63, 3.8) is 0 Å². The van der Waals surface area contributed by atoms with E-state index in [4.69, 9.17) is 0 Å². The third-order valence-corrected chi connectivity index (χ3v) is 2.80. The lowest BCUT2D eigenvalue weighted by molar-refractivity contribution is 0.263. The monoisotopic (exact) mass is 149 g/mol. The Hall–Kier alpha value is -0.590. The standard InChI is InChI=1S/C10H15N/c1-8-4-2-7-10(11-8)9-5-3-6-9/h2,4,9-10H,3,5-7H2,1H3. The molecule has 60 valence electrons. The minimum absolute atomic E-state index is 0.633. The number of hydrogen-bond acceptors (Lipinski definition) is 1. The predicted octanol–water partition coefficient (Wildman–Crippen LogP) is 2.58. The van der Waals surface area contributed by atoms with Crippen LogP contribution in [0.4, 0.5) is 0 Å². The molecule has 1 saturated carbocycles. The average molecular weight is 149 g/mol. The first-order chi connectivity index (χ1) is 5.36. The van der Waals surface area contributed by atoms with Crippen LogP contribution in [0.5, 0.6) is 0 Å². The van der Waals surface area contributed by atoms with E-state index in [2.05, 4.69) is 24.1 Å². The zero-order valence-electron chi connectivity index (χ0n) is 7.09. The summed E-state index contributed by atoms with van der Waals surface area (Å²) in [6.45, 7) is 2.10. The van der Waals surface area contributed by atoms with Gasteiger partial charge in [-0.25, -0.2) is 0 Å². The lowest BCUT2D eigenvalue weighted by Gasteiger charge is -2.32. The maximum absolute atomic E-state index is 4.63. The maximum Gasteiger partial charge on any atom is 0.0565 e. The molecule has 0 aromatic carbocycles. The lowest BCUT2D eigenvalue weighted by Crippen LogP contribution is -2.26. The second kappa shape index (κ2) is 2.80. The second-order valence-electron chi connectivity index (χ2n) is 3.67. The quantitative estimate of drug-likeness (QED) is 0.543. The molecule has 0 aromatic rings. The normalized spacial score (nSPS) is 31.4. The topological polar surface area (TPSA) is 12.4 Å². The van der Waals surface area contributed by atoms with Crippen molar-refractivity contribution in [1.82, 2.24) is 0 Å².